The molecule has 1 amide bonds. The van der Waals surface area contributed by atoms with Crippen molar-refractivity contribution in [1.29, 1.82) is 0 Å². The SMILES string of the molecule is C=CCOC(=O)NC(CCCC)C(=O)OCC. The van der Waals surface area contributed by atoms with E-state index in [0.717, 1.165) is 12.8 Å². The highest BCUT2D eigenvalue weighted by molar-refractivity contribution is 5.81. The highest BCUT2D eigenvalue weighted by Gasteiger charge is 2.21. The Morgan fingerprint density at radius 3 is 2.59 bits per heavy atom. The molecule has 0 aliphatic heterocycles. The molecule has 0 heterocycles. The summed E-state index contributed by atoms with van der Waals surface area (Å²) < 4.78 is 9.63. The molecule has 0 rings (SSSR count). The number of esters is 1. The van der Waals surface area contributed by atoms with Gasteiger partial charge in [0, 0.05) is 0 Å². The summed E-state index contributed by atoms with van der Waals surface area (Å²) in [4.78, 5) is 22.8. The maximum absolute atomic E-state index is 11.5. The Bertz CT molecular complexity index is 253. The molecule has 1 unspecified atom stereocenters. The van der Waals surface area contributed by atoms with Gasteiger partial charge in [-0.15, -0.1) is 0 Å². The number of rotatable bonds is 8. The molecule has 98 valence electrons. The topological polar surface area (TPSA) is 64.6 Å². The summed E-state index contributed by atoms with van der Waals surface area (Å²) in [5.41, 5.74) is 0. The number of nitrogens with one attached hydrogen (secondary N) is 1. The van der Waals surface area contributed by atoms with Crippen LogP contribution in [0.5, 0.6) is 0 Å². The number of carbonyl (C=O) groups is 2. The van der Waals surface area contributed by atoms with Crippen LogP contribution in [0.1, 0.15) is 33.1 Å². The van der Waals surface area contributed by atoms with Crippen LogP contribution in [-0.2, 0) is 14.3 Å². The van der Waals surface area contributed by atoms with Crippen molar-refractivity contribution in [2.24, 2.45) is 0 Å². The maximum Gasteiger partial charge on any atom is 0.408 e. The molecule has 0 spiro atoms. The molecule has 1 atom stereocenters. The molecule has 0 saturated carbocycles. The Kier molecular flexibility index (Phi) is 8.82. The van der Waals surface area contributed by atoms with Crippen molar-refractivity contribution in [3.8, 4) is 0 Å². The lowest BCUT2D eigenvalue weighted by Gasteiger charge is -2.16. The van der Waals surface area contributed by atoms with Gasteiger partial charge in [0.05, 0.1) is 6.61 Å². The molecule has 0 aromatic rings. The molecule has 0 aliphatic rings. The van der Waals surface area contributed by atoms with Crippen molar-refractivity contribution in [3.05, 3.63) is 12.7 Å². The first-order chi connectivity index (χ1) is 8.15. The van der Waals surface area contributed by atoms with Gasteiger partial charge in [-0.25, -0.2) is 9.59 Å². The van der Waals surface area contributed by atoms with Gasteiger partial charge in [0.2, 0.25) is 0 Å². The number of unbranched alkanes of at least 4 members (excludes halogenated alkanes) is 1. The summed E-state index contributed by atoms with van der Waals surface area (Å²) in [7, 11) is 0. The van der Waals surface area contributed by atoms with Gasteiger partial charge in [-0.1, -0.05) is 32.4 Å². The minimum Gasteiger partial charge on any atom is -0.464 e. The Morgan fingerprint density at radius 2 is 2.06 bits per heavy atom. The molecule has 17 heavy (non-hydrogen) atoms. The van der Waals surface area contributed by atoms with E-state index >= 15 is 0 Å². The minimum atomic E-state index is -0.632. The van der Waals surface area contributed by atoms with Crippen LogP contribution in [0.2, 0.25) is 0 Å². The third-order valence-corrected chi connectivity index (χ3v) is 2.04. The summed E-state index contributed by atoms with van der Waals surface area (Å²) in [6.07, 6.45) is 3.17. The average molecular weight is 243 g/mol. The van der Waals surface area contributed by atoms with Crippen LogP contribution < -0.4 is 5.32 Å². The summed E-state index contributed by atoms with van der Waals surface area (Å²) in [5, 5.41) is 2.49. The number of hydrogen-bond acceptors (Lipinski definition) is 4. The standard InChI is InChI=1S/C12H21NO4/c1-4-7-8-10(11(14)16-6-3)13-12(15)17-9-5-2/h5,10H,2,4,6-9H2,1,3H3,(H,13,15). The van der Waals surface area contributed by atoms with Crippen LogP contribution in [0, 0.1) is 0 Å². The number of alkyl carbamates (subject to hydrolysis) is 1. The van der Waals surface area contributed by atoms with Gasteiger partial charge in [0.25, 0.3) is 0 Å². The fraction of sp³-hybridized carbons (Fsp3) is 0.667. The summed E-state index contributed by atoms with van der Waals surface area (Å²) in [6, 6.07) is -0.632. The van der Waals surface area contributed by atoms with Crippen LogP contribution in [-0.4, -0.2) is 31.3 Å². The van der Waals surface area contributed by atoms with E-state index < -0.39 is 18.1 Å². The van der Waals surface area contributed by atoms with Crippen molar-refractivity contribution in [3.63, 3.8) is 0 Å². The Morgan fingerprint density at radius 1 is 1.35 bits per heavy atom. The van der Waals surface area contributed by atoms with Crippen LogP contribution in [0.25, 0.3) is 0 Å². The molecular formula is C12H21NO4. The van der Waals surface area contributed by atoms with Gasteiger partial charge in [-0.3, -0.25) is 0 Å². The smallest absolute Gasteiger partial charge is 0.408 e. The first kappa shape index (κ1) is 15.5. The quantitative estimate of drug-likeness (QED) is 0.523. The van der Waals surface area contributed by atoms with E-state index in [1.54, 1.807) is 6.92 Å². The molecule has 0 aromatic heterocycles. The normalized spacial score (nSPS) is 11.4. The van der Waals surface area contributed by atoms with Crippen LogP contribution in [0.3, 0.4) is 0 Å². The Hall–Kier alpha value is -1.52. The number of amides is 1. The average Bonchev–Trinajstić information content (AvgIpc) is 2.32. The lowest BCUT2D eigenvalue weighted by Crippen LogP contribution is -2.42. The summed E-state index contributed by atoms with van der Waals surface area (Å²) in [6.45, 7) is 7.59. The largest absolute Gasteiger partial charge is 0.464 e. The zero-order valence-corrected chi connectivity index (χ0v) is 10.5. The third-order valence-electron chi connectivity index (χ3n) is 2.04. The van der Waals surface area contributed by atoms with E-state index in [-0.39, 0.29) is 6.61 Å². The lowest BCUT2D eigenvalue weighted by molar-refractivity contribution is -0.145. The van der Waals surface area contributed by atoms with E-state index in [4.69, 9.17) is 9.47 Å². The fourth-order valence-electron chi connectivity index (χ4n) is 1.22. The highest BCUT2D eigenvalue weighted by Crippen LogP contribution is 2.03. The number of ether oxygens (including phenoxy) is 2. The van der Waals surface area contributed by atoms with Gasteiger partial charge in [0.1, 0.15) is 12.6 Å². The van der Waals surface area contributed by atoms with Crippen molar-refractivity contribution in [1.82, 2.24) is 5.32 Å². The van der Waals surface area contributed by atoms with E-state index in [2.05, 4.69) is 11.9 Å². The predicted molar refractivity (Wildman–Crippen MR) is 64.6 cm³/mol. The lowest BCUT2D eigenvalue weighted by atomic mass is 10.1. The fourth-order valence-corrected chi connectivity index (χ4v) is 1.22. The second kappa shape index (κ2) is 9.69. The summed E-state index contributed by atoms with van der Waals surface area (Å²) in [5.74, 6) is -0.420. The molecular weight excluding hydrogens is 222 g/mol. The van der Waals surface area contributed by atoms with Crippen molar-refractivity contribution in [2.75, 3.05) is 13.2 Å². The first-order valence-corrected chi connectivity index (χ1v) is 5.86. The first-order valence-electron chi connectivity index (χ1n) is 5.86. The van der Waals surface area contributed by atoms with Crippen LogP contribution in [0.4, 0.5) is 4.79 Å². The molecule has 0 saturated heterocycles. The van der Waals surface area contributed by atoms with E-state index in [0.29, 0.717) is 13.0 Å². The monoisotopic (exact) mass is 243 g/mol. The summed E-state index contributed by atoms with van der Waals surface area (Å²) >= 11 is 0. The number of hydrogen-bond donors (Lipinski definition) is 1. The van der Waals surface area contributed by atoms with Gasteiger partial charge in [-0.05, 0) is 13.3 Å². The van der Waals surface area contributed by atoms with Crippen LogP contribution >= 0.6 is 0 Å². The third kappa shape index (κ3) is 7.38. The second-order valence-corrected chi connectivity index (χ2v) is 3.48. The van der Waals surface area contributed by atoms with Gasteiger partial charge in [0.15, 0.2) is 0 Å². The molecule has 0 radical (unpaired) electrons. The molecule has 1 N–H and O–H groups in total. The maximum atomic E-state index is 11.5. The van der Waals surface area contributed by atoms with E-state index in [9.17, 15) is 9.59 Å². The highest BCUT2D eigenvalue weighted by atomic mass is 16.6. The van der Waals surface area contributed by atoms with E-state index in [1.165, 1.54) is 6.08 Å². The minimum absolute atomic E-state index is 0.120. The van der Waals surface area contributed by atoms with Crippen molar-refractivity contribution < 1.29 is 19.1 Å². The van der Waals surface area contributed by atoms with E-state index in [1.807, 2.05) is 6.92 Å². The van der Waals surface area contributed by atoms with Gasteiger partial charge >= 0.3 is 12.1 Å². The van der Waals surface area contributed by atoms with Crippen molar-refractivity contribution in [2.45, 2.75) is 39.2 Å². The van der Waals surface area contributed by atoms with Gasteiger partial charge in [-0.2, -0.15) is 0 Å². The number of carbonyl (C=O) groups excluding carboxylic acids is 2. The molecule has 5 heteroatoms. The molecule has 0 aliphatic carbocycles. The Balaban J connectivity index is 4.21. The Labute approximate surface area is 102 Å². The van der Waals surface area contributed by atoms with Crippen LogP contribution in [0.15, 0.2) is 12.7 Å². The second-order valence-electron chi connectivity index (χ2n) is 3.48. The van der Waals surface area contributed by atoms with Crippen molar-refractivity contribution >= 4 is 12.1 Å². The molecule has 5 nitrogen and oxygen atoms in total. The van der Waals surface area contributed by atoms with Gasteiger partial charge < -0.3 is 14.8 Å². The molecule has 0 aromatic carbocycles. The predicted octanol–water partition coefficient (Wildman–Crippen LogP) is 2.02. The zero-order valence-electron chi connectivity index (χ0n) is 10.5. The molecule has 0 fully saturated rings. The molecule has 0 bridgehead atoms. The zero-order chi connectivity index (χ0) is 13.1.